The van der Waals surface area contributed by atoms with Gasteiger partial charge in [0.25, 0.3) is 0 Å². The van der Waals surface area contributed by atoms with Crippen molar-refractivity contribution in [2.45, 2.75) is 63.9 Å². The minimum absolute atomic E-state index is 0.0639. The van der Waals surface area contributed by atoms with E-state index in [0.29, 0.717) is 11.1 Å². The molecule has 11 heteroatoms. The van der Waals surface area contributed by atoms with Gasteiger partial charge in [-0.1, -0.05) is 17.3 Å². The second-order valence-electron chi connectivity index (χ2n) is 9.11. The molecule has 1 fully saturated rings. The van der Waals surface area contributed by atoms with Crippen molar-refractivity contribution in [3.05, 3.63) is 47.0 Å². The van der Waals surface area contributed by atoms with Gasteiger partial charge in [-0.15, -0.1) is 5.10 Å². The average Bonchev–Trinajstić information content (AvgIpc) is 3.36. The summed E-state index contributed by atoms with van der Waals surface area (Å²) in [5, 5.41) is 29.0. The lowest BCUT2D eigenvalue weighted by atomic mass is 9.94. The van der Waals surface area contributed by atoms with Crippen LogP contribution in [0.25, 0.3) is 11.0 Å². The highest BCUT2D eigenvalue weighted by Gasteiger charge is 2.52. The monoisotopic (exact) mass is 460 g/mol. The highest BCUT2D eigenvalue weighted by Crippen LogP contribution is 2.48. The first-order valence-electron chi connectivity index (χ1n) is 10.6. The molecule has 4 unspecified atom stereocenters. The van der Waals surface area contributed by atoms with Crippen LogP contribution in [0.15, 0.2) is 30.3 Å². The lowest BCUT2D eigenvalue weighted by Gasteiger charge is -2.40. The number of fused-ring (bicyclic) bond motifs is 3. The van der Waals surface area contributed by atoms with Crippen LogP contribution in [-0.4, -0.2) is 43.8 Å². The summed E-state index contributed by atoms with van der Waals surface area (Å²) >= 11 is 0. The van der Waals surface area contributed by atoms with E-state index in [2.05, 4.69) is 10.3 Å². The van der Waals surface area contributed by atoms with E-state index in [4.69, 9.17) is 14.2 Å². The molecule has 0 bridgehead atoms. The van der Waals surface area contributed by atoms with Crippen LogP contribution in [0.2, 0.25) is 0 Å². The molecule has 3 aliphatic rings. The van der Waals surface area contributed by atoms with Gasteiger partial charge in [0.1, 0.15) is 5.52 Å². The number of nitrogens with zero attached hydrogens (tertiary/aromatic N) is 4. The number of epoxide rings is 1. The summed E-state index contributed by atoms with van der Waals surface area (Å²) in [6, 6.07) is 8.31. The summed E-state index contributed by atoms with van der Waals surface area (Å²) in [4.78, 5) is 1.16. The average molecular weight is 460 g/mol. The van der Waals surface area contributed by atoms with Crippen LogP contribution in [0.4, 0.5) is 14.5 Å². The maximum absolute atomic E-state index is 14.7. The summed E-state index contributed by atoms with van der Waals surface area (Å²) in [6.45, 7) is 5.20. The fourth-order valence-corrected chi connectivity index (χ4v) is 4.65. The van der Waals surface area contributed by atoms with Crippen molar-refractivity contribution in [3.8, 4) is 5.75 Å². The number of benzene rings is 2. The van der Waals surface area contributed by atoms with E-state index in [9.17, 15) is 19.0 Å². The van der Waals surface area contributed by atoms with Gasteiger partial charge in [0.15, 0.2) is 5.75 Å². The third-order valence-electron chi connectivity index (χ3n) is 6.33. The molecule has 2 aromatic carbocycles. The van der Waals surface area contributed by atoms with Crippen molar-refractivity contribution in [2.75, 3.05) is 4.90 Å². The number of hydrogen-bond acceptors (Lipinski definition) is 8. The van der Waals surface area contributed by atoms with Gasteiger partial charge in [0, 0.05) is 17.7 Å². The lowest BCUT2D eigenvalue weighted by Crippen LogP contribution is -2.54. The van der Waals surface area contributed by atoms with E-state index in [1.165, 1.54) is 13.0 Å². The molecule has 0 aliphatic carbocycles. The standard InChI is InChI=1S/C22H22F2N4O5/c1-10(29)12-5-4-6-15-17(12)32-22(23,24)20(30)27(15)9-11-7-13-16-14(8-11)25-26-28(16)18-19(31-18)33-21(13,2)3/h4-8,10,18-20,29-30H,9H2,1-3H3. The minimum Gasteiger partial charge on any atom is -0.427 e. The maximum Gasteiger partial charge on any atom is 0.444 e. The first kappa shape index (κ1) is 20.7. The van der Waals surface area contributed by atoms with Crippen LogP contribution in [-0.2, 0) is 21.6 Å². The Bertz CT molecular complexity index is 1280. The molecule has 0 amide bonds. The number of aliphatic hydroxyl groups is 2. The van der Waals surface area contributed by atoms with E-state index < -0.39 is 30.3 Å². The molecule has 33 heavy (non-hydrogen) atoms. The predicted molar refractivity (Wildman–Crippen MR) is 110 cm³/mol. The number of rotatable bonds is 3. The van der Waals surface area contributed by atoms with Crippen molar-refractivity contribution in [3.63, 3.8) is 0 Å². The van der Waals surface area contributed by atoms with Crippen molar-refractivity contribution < 1.29 is 33.2 Å². The van der Waals surface area contributed by atoms with Crippen LogP contribution >= 0.6 is 0 Å². The number of anilines is 1. The first-order valence-corrected chi connectivity index (χ1v) is 10.6. The number of aromatic nitrogens is 3. The highest BCUT2D eigenvalue weighted by molar-refractivity contribution is 5.81. The Hall–Kier alpha value is -2.86. The van der Waals surface area contributed by atoms with E-state index in [1.54, 1.807) is 22.9 Å². The van der Waals surface area contributed by atoms with E-state index in [1.807, 2.05) is 19.9 Å². The molecule has 4 heterocycles. The van der Waals surface area contributed by atoms with E-state index >= 15 is 0 Å². The van der Waals surface area contributed by atoms with Crippen molar-refractivity contribution in [1.82, 2.24) is 15.0 Å². The van der Waals surface area contributed by atoms with E-state index in [0.717, 1.165) is 16.0 Å². The fourth-order valence-electron chi connectivity index (χ4n) is 4.65. The van der Waals surface area contributed by atoms with Crippen LogP contribution in [0.1, 0.15) is 49.8 Å². The molecule has 6 rings (SSSR count). The lowest BCUT2D eigenvalue weighted by molar-refractivity contribution is -0.246. The molecule has 3 aromatic rings. The molecule has 1 aromatic heterocycles. The quantitative estimate of drug-likeness (QED) is 0.575. The van der Waals surface area contributed by atoms with Gasteiger partial charge < -0.3 is 29.3 Å². The number of ether oxygens (including phenoxy) is 3. The zero-order chi connectivity index (χ0) is 23.3. The summed E-state index contributed by atoms with van der Waals surface area (Å²) in [7, 11) is 0. The maximum atomic E-state index is 14.7. The van der Waals surface area contributed by atoms with Gasteiger partial charge in [-0.3, -0.25) is 0 Å². The minimum atomic E-state index is -3.88. The zero-order valence-corrected chi connectivity index (χ0v) is 18.1. The first-order chi connectivity index (χ1) is 15.6. The van der Waals surface area contributed by atoms with Gasteiger partial charge in [-0.2, -0.15) is 8.78 Å². The molecule has 0 spiro atoms. The Morgan fingerprint density at radius 3 is 2.79 bits per heavy atom. The van der Waals surface area contributed by atoms with Crippen molar-refractivity contribution >= 4 is 16.7 Å². The SMILES string of the molecule is CC(O)c1cccc2c1OC(F)(F)C(O)N2Cc1cc2c3c(c1)nnn3C1OC1OC2(C)C. The molecule has 0 saturated carbocycles. The molecule has 0 radical (unpaired) electrons. The van der Waals surface area contributed by atoms with Crippen molar-refractivity contribution in [1.29, 1.82) is 0 Å². The Kier molecular flexibility index (Phi) is 4.14. The van der Waals surface area contributed by atoms with Gasteiger partial charge >= 0.3 is 6.11 Å². The van der Waals surface area contributed by atoms with Crippen LogP contribution in [0.5, 0.6) is 5.75 Å². The third kappa shape index (κ3) is 3.03. The second-order valence-corrected chi connectivity index (χ2v) is 9.11. The highest BCUT2D eigenvalue weighted by atomic mass is 19.3. The van der Waals surface area contributed by atoms with Crippen LogP contribution in [0, 0.1) is 0 Å². The topological polar surface area (TPSA) is 105 Å². The molecule has 174 valence electrons. The molecular weight excluding hydrogens is 438 g/mol. The Morgan fingerprint density at radius 2 is 2.03 bits per heavy atom. The number of para-hydroxylation sites is 1. The van der Waals surface area contributed by atoms with Crippen LogP contribution < -0.4 is 9.64 Å². The summed E-state index contributed by atoms with van der Waals surface area (Å²) in [5.41, 5.74) is 2.48. The largest absolute Gasteiger partial charge is 0.444 e. The van der Waals surface area contributed by atoms with Gasteiger partial charge in [-0.05, 0) is 44.5 Å². The molecule has 9 nitrogen and oxygen atoms in total. The van der Waals surface area contributed by atoms with Crippen LogP contribution in [0.3, 0.4) is 0 Å². The number of halogens is 2. The number of alkyl halides is 2. The summed E-state index contributed by atoms with van der Waals surface area (Å²) < 4.78 is 47.4. The molecule has 1 saturated heterocycles. The van der Waals surface area contributed by atoms with Gasteiger partial charge in [0.2, 0.25) is 18.7 Å². The fraction of sp³-hybridized carbons (Fsp3) is 0.455. The third-order valence-corrected chi connectivity index (χ3v) is 6.33. The summed E-state index contributed by atoms with van der Waals surface area (Å²) in [5.74, 6) is -0.158. The molecular formula is C22H22F2N4O5. The van der Waals surface area contributed by atoms with Crippen molar-refractivity contribution in [2.24, 2.45) is 0 Å². The Balaban J connectivity index is 1.47. The number of hydrogen-bond donors (Lipinski definition) is 2. The Morgan fingerprint density at radius 1 is 1.24 bits per heavy atom. The molecule has 2 N–H and O–H groups in total. The van der Waals surface area contributed by atoms with Gasteiger partial charge in [0.05, 0.1) is 22.9 Å². The zero-order valence-electron chi connectivity index (χ0n) is 18.1. The molecule has 4 atom stereocenters. The van der Waals surface area contributed by atoms with E-state index in [-0.39, 0.29) is 29.8 Å². The number of aliphatic hydroxyl groups excluding tert-OH is 2. The molecule has 3 aliphatic heterocycles. The Labute approximate surface area is 187 Å². The van der Waals surface area contributed by atoms with Gasteiger partial charge in [-0.25, -0.2) is 4.68 Å². The predicted octanol–water partition coefficient (Wildman–Crippen LogP) is 2.92. The normalized spacial score (nSPS) is 27.4. The summed E-state index contributed by atoms with van der Waals surface area (Å²) in [6.07, 6.45) is -7.90. The second kappa shape index (κ2) is 6.60. The smallest absolute Gasteiger partial charge is 0.427 e.